The molecule has 39 heavy (non-hydrogen) atoms. The van der Waals surface area contributed by atoms with Crippen molar-refractivity contribution in [2.45, 2.75) is 18.9 Å². The van der Waals surface area contributed by atoms with E-state index in [2.05, 4.69) is 36.4 Å². The van der Waals surface area contributed by atoms with Crippen LogP contribution in [0.5, 0.6) is 5.75 Å². The maximum absolute atomic E-state index is 14.7. The van der Waals surface area contributed by atoms with Crippen molar-refractivity contribution < 1.29 is 22.3 Å². The third kappa shape index (κ3) is 5.74. The quantitative estimate of drug-likeness (QED) is 0.142. The smallest absolute Gasteiger partial charge is 0.416 e. The maximum Gasteiger partial charge on any atom is 0.416 e. The zero-order valence-corrected chi connectivity index (χ0v) is 21.9. The van der Waals surface area contributed by atoms with Gasteiger partial charge < -0.3 is 4.74 Å². The zero-order chi connectivity index (χ0) is 27.3. The van der Waals surface area contributed by atoms with Gasteiger partial charge in [0.05, 0.1) is 5.56 Å². The highest BCUT2D eigenvalue weighted by Gasteiger charge is 2.46. The number of hydrogen-bond donors (Lipinski definition) is 0. The van der Waals surface area contributed by atoms with E-state index in [-0.39, 0.29) is 12.2 Å². The van der Waals surface area contributed by atoms with Crippen LogP contribution in [0.3, 0.4) is 0 Å². The number of halogens is 4. The first-order valence-corrected chi connectivity index (χ1v) is 14.5. The summed E-state index contributed by atoms with van der Waals surface area (Å²) < 4.78 is 61.5. The van der Waals surface area contributed by atoms with Crippen molar-refractivity contribution in [3.05, 3.63) is 156 Å². The molecule has 0 aromatic heterocycles. The topological polar surface area (TPSA) is 9.23 Å². The van der Waals surface area contributed by atoms with Gasteiger partial charge >= 0.3 is 6.18 Å². The van der Waals surface area contributed by atoms with Gasteiger partial charge in [-0.1, -0.05) is 72.8 Å². The molecule has 0 radical (unpaired) electrons. The fraction of sp³-hybridized carbons (Fsp3) is 0.0909. The number of rotatable bonds is 8. The van der Waals surface area contributed by atoms with E-state index in [1.165, 1.54) is 30.3 Å². The van der Waals surface area contributed by atoms with Crippen LogP contribution in [-0.4, -0.2) is 0 Å². The Kier molecular flexibility index (Phi) is 7.81. The van der Waals surface area contributed by atoms with Crippen molar-refractivity contribution in [1.29, 1.82) is 0 Å². The molecule has 0 fully saturated rings. The zero-order valence-electron chi connectivity index (χ0n) is 21.0. The molecule has 0 aliphatic carbocycles. The van der Waals surface area contributed by atoms with E-state index in [0.717, 1.165) is 22.0 Å². The average molecular weight is 546 g/mol. The minimum atomic E-state index is -4.50. The van der Waals surface area contributed by atoms with Gasteiger partial charge in [0.1, 0.15) is 47.5 Å². The highest BCUT2D eigenvalue weighted by molar-refractivity contribution is 7.95. The summed E-state index contributed by atoms with van der Waals surface area (Å²) in [7, 11) is -2.38. The van der Waals surface area contributed by atoms with Crippen LogP contribution in [0.15, 0.2) is 133 Å². The van der Waals surface area contributed by atoms with Gasteiger partial charge in [0.25, 0.3) is 0 Å². The first-order valence-electron chi connectivity index (χ1n) is 12.5. The normalized spacial score (nSPS) is 11.8. The number of benzene rings is 5. The second-order valence-corrected chi connectivity index (χ2v) is 12.7. The van der Waals surface area contributed by atoms with Crippen LogP contribution < -0.4 is 20.7 Å². The summed E-state index contributed by atoms with van der Waals surface area (Å²) in [6.07, 6.45) is -4.07. The fourth-order valence-corrected chi connectivity index (χ4v) is 9.16. The number of ether oxygens (including phenoxy) is 1. The second kappa shape index (κ2) is 11.4. The fourth-order valence-electron chi connectivity index (χ4n) is 4.91. The largest absolute Gasteiger partial charge is 0.488 e. The molecular weight excluding hydrogens is 519 g/mol. The summed E-state index contributed by atoms with van der Waals surface area (Å²) in [6, 6.07) is 40.0. The summed E-state index contributed by atoms with van der Waals surface area (Å²) in [5.41, 5.74) is -0.117. The van der Waals surface area contributed by atoms with Crippen molar-refractivity contribution in [1.82, 2.24) is 0 Å². The average Bonchev–Trinajstić information content (AvgIpc) is 2.96. The van der Waals surface area contributed by atoms with Crippen molar-refractivity contribution in [3.63, 3.8) is 0 Å². The van der Waals surface area contributed by atoms with E-state index < -0.39 is 24.8 Å². The Hall–Kier alpha value is -3.95. The highest BCUT2D eigenvalue weighted by atomic mass is 31.2. The van der Waals surface area contributed by atoms with Gasteiger partial charge in [0.2, 0.25) is 0 Å². The highest BCUT2D eigenvalue weighted by Crippen LogP contribution is 2.59. The first kappa shape index (κ1) is 26.6. The monoisotopic (exact) mass is 545 g/mol. The molecule has 1 nitrogen and oxygen atoms in total. The molecule has 196 valence electrons. The SMILES string of the molecule is Fc1ccc(OCc2ccccc2C(F)(F)F)c(C[P+](c2ccccc2)(c2ccccc2)c2ccccc2)c1. The van der Waals surface area contributed by atoms with Crippen molar-refractivity contribution in [2.75, 3.05) is 0 Å². The van der Waals surface area contributed by atoms with Crippen LogP contribution >= 0.6 is 7.26 Å². The van der Waals surface area contributed by atoms with Crippen molar-refractivity contribution in [2.24, 2.45) is 0 Å². The van der Waals surface area contributed by atoms with Gasteiger partial charge in [0, 0.05) is 11.1 Å². The Balaban J connectivity index is 1.63. The van der Waals surface area contributed by atoms with Crippen LogP contribution in [0.25, 0.3) is 0 Å². The molecule has 0 bridgehead atoms. The van der Waals surface area contributed by atoms with E-state index in [1.807, 2.05) is 54.6 Å². The summed E-state index contributed by atoms with van der Waals surface area (Å²) in [4.78, 5) is 0. The minimum absolute atomic E-state index is 0.0236. The van der Waals surface area contributed by atoms with Gasteiger partial charge in [-0.25, -0.2) is 4.39 Å². The van der Waals surface area contributed by atoms with Crippen molar-refractivity contribution >= 4 is 23.2 Å². The molecule has 5 aromatic rings. The van der Waals surface area contributed by atoms with Crippen LogP contribution in [0.2, 0.25) is 0 Å². The predicted octanol–water partition coefficient (Wildman–Crippen LogP) is 7.92. The molecule has 0 amide bonds. The standard InChI is InChI=1S/C33H26F4OP/c34-27-20-21-32(38-23-25-12-10-11-19-31(25)33(35,36)37)26(22-27)24-39(28-13-4-1-5-14-28,29-15-6-2-7-16-29)30-17-8-3-9-18-30/h1-22H,23-24H2/q+1. The molecule has 0 saturated heterocycles. The lowest BCUT2D eigenvalue weighted by Gasteiger charge is -2.28. The van der Waals surface area contributed by atoms with Crippen LogP contribution in [0, 0.1) is 5.82 Å². The minimum Gasteiger partial charge on any atom is -0.488 e. The maximum atomic E-state index is 14.7. The third-order valence-corrected chi connectivity index (χ3v) is 11.1. The Morgan fingerprint density at radius 2 is 1.05 bits per heavy atom. The molecular formula is C33H26F4OP+. The molecule has 0 atom stereocenters. The summed E-state index contributed by atoms with van der Waals surface area (Å²) in [5, 5.41) is 3.33. The van der Waals surface area contributed by atoms with Gasteiger partial charge in [-0.3, -0.25) is 0 Å². The Morgan fingerprint density at radius 3 is 1.56 bits per heavy atom. The first-order chi connectivity index (χ1) is 18.9. The Labute approximate surface area is 226 Å². The van der Waals surface area contributed by atoms with Gasteiger partial charge in [0.15, 0.2) is 0 Å². The van der Waals surface area contributed by atoms with E-state index >= 15 is 0 Å². The van der Waals surface area contributed by atoms with Gasteiger partial charge in [-0.05, 0) is 60.7 Å². The van der Waals surface area contributed by atoms with Gasteiger partial charge in [-0.2, -0.15) is 13.2 Å². The van der Waals surface area contributed by atoms with E-state index in [9.17, 15) is 17.6 Å². The molecule has 6 heteroatoms. The summed E-state index contributed by atoms with van der Waals surface area (Å²) in [6.45, 7) is -0.290. The molecule has 0 aliphatic rings. The van der Waals surface area contributed by atoms with Gasteiger partial charge in [-0.15, -0.1) is 0 Å². The molecule has 0 unspecified atom stereocenters. The second-order valence-electron chi connectivity index (χ2n) is 9.17. The van der Waals surface area contributed by atoms with E-state index in [4.69, 9.17) is 4.74 Å². The molecule has 0 N–H and O–H groups in total. The Morgan fingerprint density at radius 1 is 0.564 bits per heavy atom. The molecule has 5 aromatic carbocycles. The molecule has 0 spiro atoms. The molecule has 0 saturated carbocycles. The number of hydrogen-bond acceptors (Lipinski definition) is 1. The van der Waals surface area contributed by atoms with Crippen LogP contribution in [-0.2, 0) is 18.9 Å². The van der Waals surface area contributed by atoms with Crippen LogP contribution in [0.1, 0.15) is 16.7 Å². The molecule has 5 rings (SSSR count). The lowest BCUT2D eigenvalue weighted by Crippen LogP contribution is -2.32. The lowest BCUT2D eigenvalue weighted by atomic mass is 10.1. The number of alkyl halides is 3. The van der Waals surface area contributed by atoms with Crippen molar-refractivity contribution in [3.8, 4) is 5.75 Å². The summed E-state index contributed by atoms with van der Waals surface area (Å²) >= 11 is 0. The third-order valence-electron chi connectivity index (χ3n) is 6.73. The Bertz CT molecular complexity index is 1420. The summed E-state index contributed by atoms with van der Waals surface area (Å²) in [5.74, 6) is -0.0686. The van der Waals surface area contributed by atoms with E-state index in [0.29, 0.717) is 17.5 Å². The molecule has 0 aliphatic heterocycles. The lowest BCUT2D eigenvalue weighted by molar-refractivity contribution is -0.138. The van der Waals surface area contributed by atoms with E-state index in [1.54, 1.807) is 6.07 Å². The predicted molar refractivity (Wildman–Crippen MR) is 151 cm³/mol. The van der Waals surface area contributed by atoms with Crippen LogP contribution in [0.4, 0.5) is 17.6 Å². The molecule has 0 heterocycles.